The lowest BCUT2D eigenvalue weighted by Crippen LogP contribution is -2.21. The minimum atomic E-state index is -0.628. The molecule has 0 aromatic heterocycles. The summed E-state index contributed by atoms with van der Waals surface area (Å²) in [7, 11) is 1.44. The van der Waals surface area contributed by atoms with Crippen LogP contribution < -0.4 is 15.4 Å². The predicted octanol–water partition coefficient (Wildman–Crippen LogP) is 3.55. The summed E-state index contributed by atoms with van der Waals surface area (Å²) in [6.45, 7) is -0.497. The van der Waals surface area contributed by atoms with E-state index < -0.39 is 23.4 Å². The van der Waals surface area contributed by atoms with Crippen molar-refractivity contribution >= 4 is 46.4 Å². The normalized spacial score (nSPS) is 10.1. The van der Waals surface area contributed by atoms with Gasteiger partial charge in [0.05, 0.1) is 17.7 Å². The van der Waals surface area contributed by atoms with Crippen LogP contribution in [-0.2, 0) is 19.1 Å². The highest BCUT2D eigenvalue weighted by Crippen LogP contribution is 2.27. The monoisotopic (exact) mass is 449 g/mol. The maximum atomic E-state index is 12.0. The summed E-state index contributed by atoms with van der Waals surface area (Å²) in [5.41, 5.74) is 0.670. The molecule has 2 aromatic carbocycles. The molecule has 0 spiro atoms. The van der Waals surface area contributed by atoms with Crippen molar-refractivity contribution < 1.29 is 28.8 Å². The first kappa shape index (κ1) is 23.6. The Morgan fingerprint density at radius 2 is 1.74 bits per heavy atom. The van der Waals surface area contributed by atoms with Gasteiger partial charge in [0.2, 0.25) is 5.91 Å². The highest BCUT2D eigenvalue weighted by Gasteiger charge is 2.12. The second-order valence-electron chi connectivity index (χ2n) is 6.26. The zero-order valence-corrected chi connectivity index (χ0v) is 17.3. The van der Waals surface area contributed by atoms with Crippen LogP contribution in [0.25, 0.3) is 0 Å². The van der Waals surface area contributed by atoms with E-state index in [0.717, 1.165) is 0 Å². The molecular weight excluding hydrogens is 430 g/mol. The Labute approximate surface area is 182 Å². The summed E-state index contributed by atoms with van der Waals surface area (Å²) in [5, 5.41) is 16.1. The molecule has 2 aromatic rings. The molecule has 0 unspecified atom stereocenters. The lowest BCUT2D eigenvalue weighted by Gasteiger charge is -2.11. The molecule has 31 heavy (non-hydrogen) atoms. The Morgan fingerprint density at radius 3 is 2.39 bits per heavy atom. The van der Waals surface area contributed by atoms with Crippen molar-refractivity contribution in [2.75, 3.05) is 24.4 Å². The van der Waals surface area contributed by atoms with Crippen molar-refractivity contribution in [2.45, 2.75) is 19.3 Å². The number of esters is 1. The minimum Gasteiger partial charge on any atom is -0.495 e. The number of nitrogens with one attached hydrogen (secondary N) is 2. The van der Waals surface area contributed by atoms with Gasteiger partial charge in [-0.25, -0.2) is 0 Å². The number of nitro groups is 1. The van der Waals surface area contributed by atoms with Crippen molar-refractivity contribution in [1.82, 2.24) is 0 Å². The molecule has 0 fully saturated rings. The number of ether oxygens (including phenoxy) is 2. The van der Waals surface area contributed by atoms with E-state index >= 15 is 0 Å². The van der Waals surface area contributed by atoms with Crippen LogP contribution >= 0.6 is 11.6 Å². The van der Waals surface area contributed by atoms with Gasteiger partial charge >= 0.3 is 5.97 Å². The Balaban J connectivity index is 1.68. The number of nitro benzene ring substituents is 1. The van der Waals surface area contributed by atoms with E-state index in [1.807, 2.05) is 0 Å². The van der Waals surface area contributed by atoms with Gasteiger partial charge in [0.15, 0.2) is 6.61 Å². The predicted molar refractivity (Wildman–Crippen MR) is 113 cm³/mol. The van der Waals surface area contributed by atoms with Crippen molar-refractivity contribution in [3.63, 3.8) is 0 Å². The fourth-order valence-electron chi connectivity index (χ4n) is 2.47. The largest absolute Gasteiger partial charge is 0.495 e. The van der Waals surface area contributed by atoms with Crippen molar-refractivity contribution in [3.05, 3.63) is 57.6 Å². The van der Waals surface area contributed by atoms with Gasteiger partial charge in [0.1, 0.15) is 5.75 Å². The van der Waals surface area contributed by atoms with Gasteiger partial charge in [0.25, 0.3) is 11.6 Å². The van der Waals surface area contributed by atoms with Crippen LogP contribution in [0.2, 0.25) is 5.02 Å². The molecule has 0 heterocycles. The van der Waals surface area contributed by atoms with Crippen molar-refractivity contribution in [3.8, 4) is 5.75 Å². The number of hydrogen-bond acceptors (Lipinski definition) is 7. The first-order valence-corrected chi connectivity index (χ1v) is 9.49. The number of nitrogens with zero attached hydrogens (tertiary/aromatic N) is 1. The lowest BCUT2D eigenvalue weighted by atomic mass is 10.2. The first-order chi connectivity index (χ1) is 14.8. The van der Waals surface area contributed by atoms with E-state index in [0.29, 0.717) is 22.1 Å². The number of amides is 2. The maximum absolute atomic E-state index is 12.0. The standard InChI is InChI=1S/C20H20ClN3O7/c1-30-17-10-5-13(21)11-16(17)23-19(26)12-31-20(27)4-2-3-18(25)22-14-6-8-15(9-7-14)24(28)29/h5-11H,2-4,12H2,1H3,(H,22,25)(H,23,26). The average Bonchev–Trinajstić information content (AvgIpc) is 2.73. The second kappa shape index (κ2) is 11.5. The molecule has 2 rings (SSSR count). The second-order valence-corrected chi connectivity index (χ2v) is 6.70. The quantitative estimate of drug-likeness (QED) is 0.321. The number of anilines is 2. The van der Waals surface area contributed by atoms with E-state index in [-0.39, 0.29) is 30.9 Å². The van der Waals surface area contributed by atoms with Crippen LogP contribution in [0, 0.1) is 10.1 Å². The zero-order chi connectivity index (χ0) is 22.8. The Bertz CT molecular complexity index is 964. The number of methoxy groups -OCH3 is 1. The van der Waals surface area contributed by atoms with E-state index in [1.165, 1.54) is 37.4 Å². The number of rotatable bonds is 10. The lowest BCUT2D eigenvalue weighted by molar-refractivity contribution is -0.384. The molecule has 0 radical (unpaired) electrons. The molecule has 0 atom stereocenters. The molecule has 2 amide bonds. The third-order valence-electron chi connectivity index (χ3n) is 3.95. The van der Waals surface area contributed by atoms with Crippen LogP contribution in [0.15, 0.2) is 42.5 Å². The van der Waals surface area contributed by atoms with E-state index in [4.69, 9.17) is 21.1 Å². The van der Waals surface area contributed by atoms with E-state index in [9.17, 15) is 24.5 Å². The third-order valence-corrected chi connectivity index (χ3v) is 4.18. The highest BCUT2D eigenvalue weighted by molar-refractivity contribution is 6.31. The molecule has 0 aliphatic rings. The van der Waals surface area contributed by atoms with Crippen LogP contribution in [-0.4, -0.2) is 36.4 Å². The van der Waals surface area contributed by atoms with Gasteiger partial charge in [0, 0.05) is 35.7 Å². The third kappa shape index (κ3) is 7.94. The Kier molecular flexibility index (Phi) is 8.77. The van der Waals surface area contributed by atoms with Gasteiger partial charge in [-0.1, -0.05) is 11.6 Å². The molecule has 0 saturated carbocycles. The van der Waals surface area contributed by atoms with Crippen LogP contribution in [0.3, 0.4) is 0 Å². The van der Waals surface area contributed by atoms with Crippen LogP contribution in [0.5, 0.6) is 5.75 Å². The van der Waals surface area contributed by atoms with E-state index in [2.05, 4.69) is 10.6 Å². The summed E-state index contributed by atoms with van der Waals surface area (Å²) < 4.78 is 10.0. The molecule has 0 aliphatic carbocycles. The Hall–Kier alpha value is -3.66. The van der Waals surface area contributed by atoms with Crippen molar-refractivity contribution in [1.29, 1.82) is 0 Å². The Morgan fingerprint density at radius 1 is 1.03 bits per heavy atom. The summed E-state index contributed by atoms with van der Waals surface area (Å²) in [5.74, 6) is -1.14. The van der Waals surface area contributed by atoms with Gasteiger partial charge < -0.3 is 20.1 Å². The molecule has 0 aliphatic heterocycles. The number of halogens is 1. The van der Waals surface area contributed by atoms with Gasteiger partial charge in [-0.3, -0.25) is 24.5 Å². The van der Waals surface area contributed by atoms with Crippen LogP contribution in [0.1, 0.15) is 19.3 Å². The molecule has 10 nitrogen and oxygen atoms in total. The van der Waals surface area contributed by atoms with Crippen LogP contribution in [0.4, 0.5) is 17.1 Å². The topological polar surface area (TPSA) is 137 Å². The number of carbonyl (C=O) groups excluding carboxylic acids is 3. The summed E-state index contributed by atoms with van der Waals surface area (Å²) in [6, 6.07) is 10.1. The first-order valence-electron chi connectivity index (χ1n) is 9.12. The zero-order valence-electron chi connectivity index (χ0n) is 16.6. The van der Waals surface area contributed by atoms with Gasteiger partial charge in [-0.2, -0.15) is 0 Å². The fraction of sp³-hybridized carbons (Fsp3) is 0.250. The molecule has 0 bridgehead atoms. The minimum absolute atomic E-state index is 0.0397. The molecule has 2 N–H and O–H groups in total. The molecule has 0 saturated heterocycles. The number of benzene rings is 2. The number of non-ortho nitro benzene ring substituents is 1. The SMILES string of the molecule is COc1ccc(Cl)cc1NC(=O)COC(=O)CCCC(=O)Nc1ccc([N+](=O)[O-])cc1. The molecule has 164 valence electrons. The average molecular weight is 450 g/mol. The summed E-state index contributed by atoms with van der Waals surface area (Å²) in [6.07, 6.45) is 0.195. The van der Waals surface area contributed by atoms with Gasteiger partial charge in [-0.05, 0) is 36.8 Å². The highest BCUT2D eigenvalue weighted by atomic mass is 35.5. The van der Waals surface area contributed by atoms with Gasteiger partial charge in [-0.15, -0.1) is 0 Å². The fourth-order valence-corrected chi connectivity index (χ4v) is 2.64. The summed E-state index contributed by atoms with van der Waals surface area (Å²) in [4.78, 5) is 45.7. The summed E-state index contributed by atoms with van der Waals surface area (Å²) >= 11 is 5.89. The van der Waals surface area contributed by atoms with Crippen molar-refractivity contribution in [2.24, 2.45) is 0 Å². The molecular formula is C20H20ClN3O7. The maximum Gasteiger partial charge on any atom is 0.306 e. The molecule has 11 heteroatoms. The smallest absolute Gasteiger partial charge is 0.306 e. The van der Waals surface area contributed by atoms with E-state index in [1.54, 1.807) is 12.1 Å². The number of carbonyl (C=O) groups is 3. The number of hydrogen-bond donors (Lipinski definition) is 2.